The number of rotatable bonds is 4. The van der Waals surface area contributed by atoms with Gasteiger partial charge in [-0.3, -0.25) is 0 Å². The summed E-state index contributed by atoms with van der Waals surface area (Å²) in [7, 11) is 0. The van der Waals surface area contributed by atoms with Gasteiger partial charge in [0.15, 0.2) is 0 Å². The fourth-order valence-corrected chi connectivity index (χ4v) is 2.11. The van der Waals surface area contributed by atoms with E-state index in [2.05, 4.69) is 9.97 Å². The molecule has 0 aliphatic heterocycles. The van der Waals surface area contributed by atoms with Crippen LogP contribution in [0.3, 0.4) is 0 Å². The highest BCUT2D eigenvalue weighted by Gasteiger charge is 2.08. The molecule has 80 valence electrons. The van der Waals surface area contributed by atoms with Gasteiger partial charge in [0.05, 0.1) is 12.0 Å². The van der Waals surface area contributed by atoms with Crippen LogP contribution in [0.1, 0.15) is 6.42 Å². The predicted octanol–water partition coefficient (Wildman–Crippen LogP) is 2.11. The average molecular weight is 245 g/mol. The lowest BCUT2D eigenvalue weighted by molar-refractivity contribution is 0.231. The van der Waals surface area contributed by atoms with Crippen molar-refractivity contribution in [1.82, 2.24) is 9.97 Å². The Morgan fingerprint density at radius 2 is 2.33 bits per heavy atom. The quantitative estimate of drug-likeness (QED) is 0.661. The molecule has 15 heavy (non-hydrogen) atoms. The summed E-state index contributed by atoms with van der Waals surface area (Å²) in [6.07, 6.45) is 0.577. The Balaban J connectivity index is 2.27. The molecule has 6 heteroatoms. The highest BCUT2D eigenvalue weighted by Crippen LogP contribution is 2.27. The summed E-state index contributed by atoms with van der Waals surface area (Å²) in [5.74, 6) is 0.486. The van der Waals surface area contributed by atoms with E-state index in [4.69, 9.17) is 21.4 Å². The minimum Gasteiger partial charge on any atom is -0.477 e. The van der Waals surface area contributed by atoms with E-state index in [1.54, 1.807) is 0 Å². The van der Waals surface area contributed by atoms with Crippen molar-refractivity contribution < 1.29 is 9.84 Å². The van der Waals surface area contributed by atoms with Crippen LogP contribution < -0.4 is 4.74 Å². The van der Waals surface area contributed by atoms with Crippen LogP contribution in [0, 0.1) is 0 Å². The second kappa shape index (κ2) is 4.74. The zero-order valence-electron chi connectivity index (χ0n) is 7.81. The van der Waals surface area contributed by atoms with Crippen LogP contribution in [0.5, 0.6) is 5.88 Å². The van der Waals surface area contributed by atoms with E-state index in [9.17, 15) is 0 Å². The second-order valence-corrected chi connectivity index (χ2v) is 4.10. The summed E-state index contributed by atoms with van der Waals surface area (Å²) in [5, 5.41) is 11.6. The topological polar surface area (TPSA) is 55.2 Å². The molecule has 0 bridgehead atoms. The number of nitrogens with zero attached hydrogens (tertiary/aromatic N) is 2. The summed E-state index contributed by atoms with van der Waals surface area (Å²) >= 11 is 7.24. The van der Waals surface area contributed by atoms with Gasteiger partial charge in [0, 0.05) is 13.0 Å². The number of halogens is 1. The van der Waals surface area contributed by atoms with E-state index in [0.717, 1.165) is 10.2 Å². The van der Waals surface area contributed by atoms with E-state index < -0.39 is 0 Å². The number of thiophene rings is 1. The molecule has 0 aliphatic carbocycles. The van der Waals surface area contributed by atoms with Crippen LogP contribution in [-0.4, -0.2) is 28.3 Å². The molecule has 0 radical (unpaired) electrons. The lowest BCUT2D eigenvalue weighted by atomic mass is 10.4. The van der Waals surface area contributed by atoms with Gasteiger partial charge < -0.3 is 9.84 Å². The van der Waals surface area contributed by atoms with Crippen molar-refractivity contribution in [3.8, 4) is 5.88 Å². The van der Waals surface area contributed by atoms with Crippen LogP contribution >= 0.6 is 22.9 Å². The summed E-state index contributed by atoms with van der Waals surface area (Å²) in [6, 6.07) is 1.89. The van der Waals surface area contributed by atoms with Crippen LogP contribution in [0.25, 0.3) is 10.2 Å². The van der Waals surface area contributed by atoms with Crippen LogP contribution in [0.2, 0.25) is 5.28 Å². The molecule has 2 heterocycles. The van der Waals surface area contributed by atoms with E-state index in [-0.39, 0.29) is 11.9 Å². The van der Waals surface area contributed by atoms with E-state index in [0.29, 0.717) is 18.9 Å². The molecule has 0 unspecified atom stereocenters. The number of aliphatic hydroxyl groups is 1. The monoisotopic (exact) mass is 244 g/mol. The normalized spacial score (nSPS) is 10.8. The summed E-state index contributed by atoms with van der Waals surface area (Å²) in [5.41, 5.74) is 0. The largest absolute Gasteiger partial charge is 0.477 e. The first kappa shape index (κ1) is 10.6. The third-order valence-corrected chi connectivity index (χ3v) is 2.78. The first-order chi connectivity index (χ1) is 7.31. The van der Waals surface area contributed by atoms with Gasteiger partial charge in [-0.25, -0.2) is 4.98 Å². The molecule has 1 N–H and O–H groups in total. The molecular formula is C9H9ClN2O2S. The van der Waals surface area contributed by atoms with E-state index in [1.807, 2.05) is 11.4 Å². The Morgan fingerprint density at radius 1 is 1.47 bits per heavy atom. The number of hydrogen-bond donors (Lipinski definition) is 1. The predicted molar refractivity (Wildman–Crippen MR) is 59.6 cm³/mol. The number of ether oxygens (including phenoxy) is 1. The summed E-state index contributed by atoms with van der Waals surface area (Å²) in [6.45, 7) is 0.528. The van der Waals surface area contributed by atoms with Gasteiger partial charge in [0.2, 0.25) is 11.2 Å². The van der Waals surface area contributed by atoms with Gasteiger partial charge in [-0.15, -0.1) is 11.3 Å². The van der Waals surface area contributed by atoms with Gasteiger partial charge in [-0.2, -0.15) is 4.98 Å². The summed E-state index contributed by atoms with van der Waals surface area (Å²) < 4.78 is 5.41. The molecule has 0 atom stereocenters. The third-order valence-electron chi connectivity index (χ3n) is 1.80. The molecule has 0 spiro atoms. The number of hydrogen-bond acceptors (Lipinski definition) is 5. The standard InChI is InChI=1S/C9H9ClN2O2S/c10-9-11-7(14-4-1-3-13)6-2-5-15-8(6)12-9/h2,5,13H,1,3-4H2. The first-order valence-corrected chi connectivity index (χ1v) is 5.71. The Kier molecular flexibility index (Phi) is 3.35. The lowest BCUT2D eigenvalue weighted by Gasteiger charge is -2.04. The van der Waals surface area contributed by atoms with Gasteiger partial charge in [-0.05, 0) is 23.0 Å². The Morgan fingerprint density at radius 3 is 3.13 bits per heavy atom. The van der Waals surface area contributed by atoms with Crippen molar-refractivity contribution in [3.63, 3.8) is 0 Å². The van der Waals surface area contributed by atoms with Gasteiger partial charge in [0.1, 0.15) is 4.83 Å². The third kappa shape index (κ3) is 2.37. The molecule has 0 saturated carbocycles. The Hall–Kier alpha value is -0.910. The molecule has 0 aliphatic rings. The molecule has 0 saturated heterocycles. The molecule has 0 aromatic carbocycles. The maximum absolute atomic E-state index is 8.64. The van der Waals surface area contributed by atoms with E-state index >= 15 is 0 Å². The SMILES string of the molecule is OCCCOc1nc(Cl)nc2sccc12. The second-order valence-electron chi connectivity index (χ2n) is 2.86. The smallest absolute Gasteiger partial charge is 0.227 e. The number of aromatic nitrogens is 2. The van der Waals surface area contributed by atoms with Crippen molar-refractivity contribution in [2.75, 3.05) is 13.2 Å². The van der Waals surface area contributed by atoms with Gasteiger partial charge in [0.25, 0.3) is 0 Å². The molecule has 4 nitrogen and oxygen atoms in total. The van der Waals surface area contributed by atoms with Crippen molar-refractivity contribution in [2.24, 2.45) is 0 Å². The minimum absolute atomic E-state index is 0.103. The van der Waals surface area contributed by atoms with Crippen molar-refractivity contribution in [1.29, 1.82) is 0 Å². The Labute approximate surface area is 95.5 Å². The van der Waals surface area contributed by atoms with Crippen LogP contribution in [0.4, 0.5) is 0 Å². The maximum atomic E-state index is 8.64. The first-order valence-electron chi connectivity index (χ1n) is 4.45. The maximum Gasteiger partial charge on any atom is 0.227 e. The highest BCUT2D eigenvalue weighted by atomic mass is 35.5. The molecule has 2 rings (SSSR count). The number of aliphatic hydroxyl groups excluding tert-OH is 1. The van der Waals surface area contributed by atoms with Crippen LogP contribution in [-0.2, 0) is 0 Å². The van der Waals surface area contributed by atoms with Gasteiger partial charge in [-0.1, -0.05) is 0 Å². The number of fused-ring (bicyclic) bond motifs is 1. The molecule has 0 fully saturated rings. The molecule has 2 aromatic heterocycles. The lowest BCUT2D eigenvalue weighted by Crippen LogP contribution is -2.02. The fourth-order valence-electron chi connectivity index (χ4n) is 1.15. The van der Waals surface area contributed by atoms with Gasteiger partial charge >= 0.3 is 0 Å². The highest BCUT2D eigenvalue weighted by molar-refractivity contribution is 7.16. The van der Waals surface area contributed by atoms with Crippen molar-refractivity contribution >= 4 is 33.2 Å². The minimum atomic E-state index is 0.103. The van der Waals surface area contributed by atoms with E-state index in [1.165, 1.54) is 11.3 Å². The average Bonchev–Trinajstić information content (AvgIpc) is 2.65. The van der Waals surface area contributed by atoms with Crippen molar-refractivity contribution in [3.05, 3.63) is 16.7 Å². The summed E-state index contributed by atoms with van der Waals surface area (Å²) in [4.78, 5) is 8.88. The Bertz CT molecular complexity index is 460. The molecule has 0 amide bonds. The zero-order valence-corrected chi connectivity index (χ0v) is 9.38. The van der Waals surface area contributed by atoms with Crippen LogP contribution in [0.15, 0.2) is 11.4 Å². The zero-order chi connectivity index (χ0) is 10.7. The molecular weight excluding hydrogens is 236 g/mol. The molecule has 2 aromatic rings. The van der Waals surface area contributed by atoms with Crippen molar-refractivity contribution in [2.45, 2.75) is 6.42 Å². The fraction of sp³-hybridized carbons (Fsp3) is 0.333.